The summed E-state index contributed by atoms with van der Waals surface area (Å²) < 4.78 is 5.54. The Bertz CT molecular complexity index is 1230. The van der Waals surface area contributed by atoms with E-state index in [-0.39, 0.29) is 42.5 Å². The number of hydrogen-bond donors (Lipinski definition) is 0. The molecule has 2 aliphatic carbocycles. The van der Waals surface area contributed by atoms with Gasteiger partial charge in [-0.3, -0.25) is 24.1 Å². The number of esters is 1. The molecule has 2 saturated carbocycles. The zero-order chi connectivity index (χ0) is 24.4. The van der Waals surface area contributed by atoms with Crippen LogP contribution in [0.5, 0.6) is 5.75 Å². The molecule has 8 heteroatoms. The normalized spacial score (nSPS) is 29.3. The van der Waals surface area contributed by atoms with Crippen molar-refractivity contribution in [2.75, 3.05) is 16.3 Å². The summed E-state index contributed by atoms with van der Waals surface area (Å²) in [6.07, 6.45) is 3.12. The van der Waals surface area contributed by atoms with Crippen LogP contribution in [-0.2, 0) is 19.2 Å². The van der Waals surface area contributed by atoms with E-state index in [2.05, 4.69) is 0 Å². The molecule has 2 aromatic rings. The third-order valence-electron chi connectivity index (χ3n) is 8.23. The molecule has 180 valence electrons. The number of ether oxygens (including phenoxy) is 1. The van der Waals surface area contributed by atoms with Crippen LogP contribution < -0.4 is 14.5 Å². The van der Waals surface area contributed by atoms with Crippen LogP contribution in [-0.4, -0.2) is 30.2 Å². The van der Waals surface area contributed by atoms with E-state index in [9.17, 15) is 19.2 Å². The van der Waals surface area contributed by atoms with Crippen LogP contribution in [0.15, 0.2) is 42.5 Å². The molecule has 6 rings (SSSR count). The van der Waals surface area contributed by atoms with Crippen LogP contribution in [0.4, 0.5) is 11.4 Å². The number of nitrogens with zero attached hydrogens (tertiary/aromatic N) is 2. The fourth-order valence-electron chi connectivity index (χ4n) is 6.51. The lowest BCUT2D eigenvalue weighted by Gasteiger charge is -2.19. The van der Waals surface area contributed by atoms with Gasteiger partial charge >= 0.3 is 5.97 Å². The van der Waals surface area contributed by atoms with Crippen molar-refractivity contribution in [3.8, 4) is 5.75 Å². The topological polar surface area (TPSA) is 84.0 Å². The van der Waals surface area contributed by atoms with Gasteiger partial charge in [-0.05, 0) is 80.0 Å². The Morgan fingerprint density at radius 1 is 0.971 bits per heavy atom. The largest absolute Gasteiger partial charge is 0.426 e. The van der Waals surface area contributed by atoms with Crippen molar-refractivity contribution >= 4 is 46.7 Å². The van der Waals surface area contributed by atoms with E-state index < -0.39 is 11.9 Å². The Kier molecular flexibility index (Phi) is 5.22. The van der Waals surface area contributed by atoms with Crippen LogP contribution in [0, 0.1) is 36.5 Å². The Hall–Kier alpha value is -3.19. The van der Waals surface area contributed by atoms with Gasteiger partial charge in [0.15, 0.2) is 0 Å². The highest BCUT2D eigenvalue weighted by Gasteiger charge is 2.61. The standard InChI is InChI=1S/C27H25ClN2O5/c1-14-20(28)3-2-4-21(14)29-13-17(12-22(29)31)27(34)35-19-9-7-18(8-10-19)30-25(32)23-15-5-6-16(11-15)24(23)26(30)33/h2-4,7-10,15-17,23-24H,5-6,11-13H2,1H3/t15-,16-,17+,23+,24+/m0/s1. The molecule has 3 amide bonds. The number of halogens is 1. The van der Waals surface area contributed by atoms with Gasteiger partial charge < -0.3 is 9.64 Å². The smallest absolute Gasteiger partial charge is 0.316 e. The van der Waals surface area contributed by atoms with Gasteiger partial charge in [0.05, 0.1) is 23.4 Å². The molecule has 4 aliphatic rings. The zero-order valence-electron chi connectivity index (χ0n) is 19.3. The van der Waals surface area contributed by atoms with E-state index >= 15 is 0 Å². The summed E-state index contributed by atoms with van der Waals surface area (Å²) in [7, 11) is 0. The Morgan fingerprint density at radius 3 is 2.29 bits per heavy atom. The lowest BCUT2D eigenvalue weighted by Crippen LogP contribution is -2.32. The fourth-order valence-corrected chi connectivity index (χ4v) is 6.68. The molecular weight excluding hydrogens is 468 g/mol. The predicted octanol–water partition coefficient (Wildman–Crippen LogP) is 4.14. The number of carbonyl (C=O) groups excluding carboxylic acids is 4. The number of anilines is 2. The minimum Gasteiger partial charge on any atom is -0.426 e. The van der Waals surface area contributed by atoms with Crippen molar-refractivity contribution in [2.24, 2.45) is 29.6 Å². The molecule has 4 fully saturated rings. The van der Waals surface area contributed by atoms with Gasteiger partial charge in [0.1, 0.15) is 5.75 Å². The summed E-state index contributed by atoms with van der Waals surface area (Å²) in [5, 5.41) is 0.563. The molecule has 5 atom stereocenters. The summed E-state index contributed by atoms with van der Waals surface area (Å²) in [5.74, 6) is -0.830. The Labute approximate surface area is 208 Å². The second kappa shape index (κ2) is 8.19. The van der Waals surface area contributed by atoms with Crippen molar-refractivity contribution in [1.82, 2.24) is 0 Å². The number of benzene rings is 2. The first-order chi connectivity index (χ1) is 16.8. The van der Waals surface area contributed by atoms with E-state index in [1.54, 1.807) is 41.3 Å². The maximum atomic E-state index is 13.0. The number of hydrogen-bond acceptors (Lipinski definition) is 5. The lowest BCUT2D eigenvalue weighted by atomic mass is 9.81. The van der Waals surface area contributed by atoms with Gasteiger partial charge in [0.2, 0.25) is 17.7 Å². The summed E-state index contributed by atoms with van der Waals surface area (Å²) in [4.78, 5) is 54.3. The monoisotopic (exact) mass is 492 g/mol. The minimum atomic E-state index is -0.600. The molecule has 35 heavy (non-hydrogen) atoms. The molecule has 2 heterocycles. The molecule has 2 bridgehead atoms. The molecule has 0 radical (unpaired) electrons. The van der Waals surface area contributed by atoms with E-state index in [4.69, 9.17) is 16.3 Å². The zero-order valence-corrected chi connectivity index (χ0v) is 20.0. The molecule has 0 N–H and O–H groups in total. The highest BCUT2D eigenvalue weighted by molar-refractivity contribution is 6.31. The summed E-state index contributed by atoms with van der Waals surface area (Å²) in [6.45, 7) is 2.06. The molecule has 2 aliphatic heterocycles. The first-order valence-electron chi connectivity index (χ1n) is 12.1. The first kappa shape index (κ1) is 22.3. The SMILES string of the molecule is Cc1c(Cl)cccc1N1C[C@H](C(=O)Oc2ccc(N3C(=O)[C@@H]4[C@H]5CC[C@@H](C5)[C@H]4C3=O)cc2)CC1=O. The van der Waals surface area contributed by atoms with Crippen molar-refractivity contribution in [2.45, 2.75) is 32.6 Å². The van der Waals surface area contributed by atoms with Gasteiger partial charge in [-0.15, -0.1) is 0 Å². The van der Waals surface area contributed by atoms with Crippen molar-refractivity contribution in [1.29, 1.82) is 0 Å². The van der Waals surface area contributed by atoms with Crippen LogP contribution in [0.25, 0.3) is 0 Å². The van der Waals surface area contributed by atoms with Crippen molar-refractivity contribution in [3.63, 3.8) is 0 Å². The van der Waals surface area contributed by atoms with Crippen LogP contribution in [0.1, 0.15) is 31.2 Å². The van der Waals surface area contributed by atoms with Crippen LogP contribution in [0.3, 0.4) is 0 Å². The molecule has 0 spiro atoms. The molecule has 2 saturated heterocycles. The van der Waals surface area contributed by atoms with Gasteiger partial charge in [0, 0.05) is 23.7 Å². The maximum Gasteiger partial charge on any atom is 0.316 e. The van der Waals surface area contributed by atoms with Gasteiger partial charge in [-0.25, -0.2) is 0 Å². The maximum absolute atomic E-state index is 13.0. The number of imide groups is 1. The highest BCUT2D eigenvalue weighted by atomic mass is 35.5. The summed E-state index contributed by atoms with van der Waals surface area (Å²) >= 11 is 6.19. The van der Waals surface area contributed by atoms with Gasteiger partial charge in [-0.2, -0.15) is 0 Å². The third kappa shape index (κ3) is 3.47. The Morgan fingerprint density at radius 2 is 1.63 bits per heavy atom. The average molecular weight is 493 g/mol. The lowest BCUT2D eigenvalue weighted by molar-refractivity contribution is -0.139. The molecular formula is C27H25ClN2O5. The number of fused-ring (bicyclic) bond motifs is 5. The van der Waals surface area contributed by atoms with E-state index in [0.717, 1.165) is 24.8 Å². The summed E-state index contributed by atoms with van der Waals surface area (Å²) in [6, 6.07) is 11.8. The van der Waals surface area contributed by atoms with Crippen molar-refractivity contribution < 1.29 is 23.9 Å². The molecule has 0 unspecified atom stereocenters. The van der Waals surface area contributed by atoms with E-state index in [0.29, 0.717) is 34.0 Å². The van der Waals surface area contributed by atoms with Gasteiger partial charge in [-0.1, -0.05) is 17.7 Å². The van der Waals surface area contributed by atoms with Gasteiger partial charge in [0.25, 0.3) is 0 Å². The first-order valence-corrected chi connectivity index (χ1v) is 12.5. The van der Waals surface area contributed by atoms with E-state index in [1.165, 1.54) is 4.90 Å². The minimum absolute atomic E-state index is 0.0603. The fraction of sp³-hybridized carbons (Fsp3) is 0.407. The average Bonchev–Trinajstić information content (AvgIpc) is 3.60. The van der Waals surface area contributed by atoms with Crippen LogP contribution >= 0.6 is 11.6 Å². The molecule has 7 nitrogen and oxygen atoms in total. The number of carbonyl (C=O) groups is 4. The second-order valence-corrected chi connectivity index (χ2v) is 10.5. The predicted molar refractivity (Wildman–Crippen MR) is 129 cm³/mol. The molecule has 2 aromatic carbocycles. The van der Waals surface area contributed by atoms with Crippen LogP contribution in [0.2, 0.25) is 5.02 Å². The second-order valence-electron chi connectivity index (χ2n) is 10.1. The number of amides is 3. The Balaban J connectivity index is 1.13. The third-order valence-corrected chi connectivity index (χ3v) is 8.64. The summed E-state index contributed by atoms with van der Waals surface area (Å²) in [5.41, 5.74) is 1.99. The van der Waals surface area contributed by atoms with Crippen molar-refractivity contribution in [3.05, 3.63) is 53.1 Å². The van der Waals surface area contributed by atoms with E-state index in [1.807, 2.05) is 13.0 Å². The molecule has 0 aromatic heterocycles. The quantitative estimate of drug-likeness (QED) is 0.364. The number of rotatable bonds is 4. The highest BCUT2D eigenvalue weighted by Crippen LogP contribution is 2.56.